The van der Waals surface area contributed by atoms with E-state index in [9.17, 15) is 4.39 Å². The standard InChI is InChI=1S/C18H15FN/c1-20-17(12-8-14-6-10-16(19)11-7-14)13-9-15-4-2-3-5-18(15)20/h2-13H,1H3/q+1/b12-8-. The van der Waals surface area contributed by atoms with E-state index < -0.39 is 0 Å². The minimum Gasteiger partial charge on any atom is -0.207 e. The van der Waals surface area contributed by atoms with Gasteiger partial charge in [-0.3, -0.25) is 0 Å². The number of nitrogens with zero attached hydrogens (tertiary/aromatic N) is 1. The van der Waals surface area contributed by atoms with Crippen LogP contribution in [0.25, 0.3) is 23.1 Å². The number of pyridine rings is 1. The maximum atomic E-state index is 12.9. The molecule has 0 aliphatic heterocycles. The minimum atomic E-state index is -0.210. The van der Waals surface area contributed by atoms with Crippen molar-refractivity contribution in [2.45, 2.75) is 0 Å². The number of benzene rings is 2. The molecule has 0 bridgehead atoms. The highest BCUT2D eigenvalue weighted by Gasteiger charge is 2.07. The Hall–Kier alpha value is -2.48. The molecule has 1 aromatic heterocycles. The molecule has 0 amide bonds. The minimum absolute atomic E-state index is 0.210. The highest BCUT2D eigenvalue weighted by molar-refractivity contribution is 5.77. The summed E-state index contributed by atoms with van der Waals surface area (Å²) in [6.45, 7) is 0. The van der Waals surface area contributed by atoms with Crippen molar-refractivity contribution in [2.75, 3.05) is 0 Å². The van der Waals surface area contributed by atoms with E-state index in [2.05, 4.69) is 28.8 Å². The predicted molar refractivity (Wildman–Crippen MR) is 80.5 cm³/mol. The fourth-order valence-electron chi connectivity index (χ4n) is 2.28. The van der Waals surface area contributed by atoms with Crippen molar-refractivity contribution in [1.29, 1.82) is 0 Å². The second-order valence-electron chi connectivity index (χ2n) is 4.76. The van der Waals surface area contributed by atoms with Crippen molar-refractivity contribution >= 4 is 23.1 Å². The summed E-state index contributed by atoms with van der Waals surface area (Å²) in [5.41, 5.74) is 3.28. The van der Waals surface area contributed by atoms with E-state index in [4.69, 9.17) is 0 Å². The van der Waals surface area contributed by atoms with Crippen LogP contribution in [-0.4, -0.2) is 0 Å². The molecule has 98 valence electrons. The number of hydrogen-bond donors (Lipinski definition) is 0. The number of para-hydroxylation sites is 1. The van der Waals surface area contributed by atoms with Gasteiger partial charge in [0.25, 0.3) is 0 Å². The van der Waals surface area contributed by atoms with Crippen LogP contribution < -0.4 is 4.57 Å². The highest BCUT2D eigenvalue weighted by Crippen LogP contribution is 2.12. The average molecular weight is 264 g/mol. The third kappa shape index (κ3) is 2.45. The molecule has 1 nitrogen and oxygen atoms in total. The summed E-state index contributed by atoms with van der Waals surface area (Å²) in [6.07, 6.45) is 4.03. The van der Waals surface area contributed by atoms with E-state index >= 15 is 0 Å². The lowest BCUT2D eigenvalue weighted by Gasteiger charge is -1.99. The van der Waals surface area contributed by atoms with Crippen LogP contribution in [0, 0.1) is 5.82 Å². The summed E-state index contributed by atoms with van der Waals surface area (Å²) in [5, 5.41) is 1.22. The monoisotopic (exact) mass is 264 g/mol. The Morgan fingerprint density at radius 2 is 1.60 bits per heavy atom. The number of aromatic nitrogens is 1. The molecule has 0 spiro atoms. The predicted octanol–water partition coefficient (Wildman–Crippen LogP) is 3.97. The highest BCUT2D eigenvalue weighted by atomic mass is 19.1. The van der Waals surface area contributed by atoms with Crippen LogP contribution in [0.2, 0.25) is 0 Å². The smallest absolute Gasteiger partial charge is 0.207 e. The molecule has 0 aliphatic carbocycles. The average Bonchev–Trinajstić information content (AvgIpc) is 2.49. The van der Waals surface area contributed by atoms with Gasteiger partial charge in [0.2, 0.25) is 11.2 Å². The van der Waals surface area contributed by atoms with Crippen molar-refractivity contribution in [3.8, 4) is 0 Å². The molecule has 0 aliphatic rings. The van der Waals surface area contributed by atoms with Gasteiger partial charge < -0.3 is 0 Å². The molecule has 0 saturated heterocycles. The fraction of sp³-hybridized carbons (Fsp3) is 0.0556. The lowest BCUT2D eigenvalue weighted by molar-refractivity contribution is -0.646. The van der Waals surface area contributed by atoms with E-state index in [1.807, 2.05) is 31.3 Å². The largest absolute Gasteiger partial charge is 0.212 e. The first-order valence-corrected chi connectivity index (χ1v) is 6.55. The van der Waals surface area contributed by atoms with Gasteiger partial charge in [-0.1, -0.05) is 24.3 Å². The van der Waals surface area contributed by atoms with Crippen LogP contribution in [0.3, 0.4) is 0 Å². The van der Waals surface area contributed by atoms with Crippen LogP contribution in [0.4, 0.5) is 4.39 Å². The summed E-state index contributed by atoms with van der Waals surface area (Å²) in [7, 11) is 2.05. The van der Waals surface area contributed by atoms with Crippen LogP contribution >= 0.6 is 0 Å². The van der Waals surface area contributed by atoms with Gasteiger partial charge in [0, 0.05) is 23.6 Å². The SMILES string of the molecule is C[n+]1c(/C=C\c2ccc(F)cc2)ccc2ccccc21. The Labute approximate surface area is 117 Å². The Morgan fingerprint density at radius 3 is 2.40 bits per heavy atom. The van der Waals surface area contributed by atoms with Gasteiger partial charge >= 0.3 is 0 Å². The Balaban J connectivity index is 1.98. The Morgan fingerprint density at radius 1 is 0.850 bits per heavy atom. The Bertz CT molecular complexity index is 773. The Kier molecular flexibility index (Phi) is 3.30. The molecule has 0 N–H and O–H groups in total. The van der Waals surface area contributed by atoms with Crippen LogP contribution in [0.1, 0.15) is 11.3 Å². The number of rotatable bonds is 2. The number of halogens is 1. The summed E-state index contributed by atoms with van der Waals surface area (Å²) in [6, 6.07) is 19.0. The molecule has 0 saturated carbocycles. The lowest BCUT2D eigenvalue weighted by atomic mass is 10.1. The zero-order chi connectivity index (χ0) is 13.9. The van der Waals surface area contributed by atoms with Crippen molar-refractivity contribution in [3.63, 3.8) is 0 Å². The topological polar surface area (TPSA) is 3.88 Å². The van der Waals surface area contributed by atoms with Crippen molar-refractivity contribution in [1.82, 2.24) is 0 Å². The van der Waals surface area contributed by atoms with Crippen LogP contribution in [-0.2, 0) is 7.05 Å². The van der Waals surface area contributed by atoms with E-state index in [-0.39, 0.29) is 5.82 Å². The zero-order valence-electron chi connectivity index (χ0n) is 11.3. The molecule has 20 heavy (non-hydrogen) atoms. The van der Waals surface area contributed by atoms with E-state index in [1.54, 1.807) is 12.1 Å². The van der Waals surface area contributed by atoms with Gasteiger partial charge in [-0.25, -0.2) is 4.39 Å². The molecular weight excluding hydrogens is 249 g/mol. The van der Waals surface area contributed by atoms with Gasteiger partial charge in [0.15, 0.2) is 0 Å². The second-order valence-corrected chi connectivity index (χ2v) is 4.76. The van der Waals surface area contributed by atoms with Crippen molar-refractivity contribution in [2.24, 2.45) is 7.05 Å². The number of aryl methyl sites for hydroxylation is 1. The van der Waals surface area contributed by atoms with Gasteiger partial charge in [0.05, 0.1) is 0 Å². The van der Waals surface area contributed by atoms with E-state index in [1.165, 1.54) is 23.0 Å². The third-order valence-electron chi connectivity index (χ3n) is 3.44. The molecule has 1 heterocycles. The fourth-order valence-corrected chi connectivity index (χ4v) is 2.28. The van der Waals surface area contributed by atoms with Gasteiger partial charge in [0.1, 0.15) is 12.9 Å². The normalized spacial score (nSPS) is 11.3. The summed E-state index contributed by atoms with van der Waals surface area (Å²) in [4.78, 5) is 0. The third-order valence-corrected chi connectivity index (χ3v) is 3.44. The number of hydrogen-bond acceptors (Lipinski definition) is 0. The molecule has 3 aromatic rings. The summed E-state index contributed by atoms with van der Waals surface area (Å²) < 4.78 is 15.0. The van der Waals surface area contributed by atoms with Crippen molar-refractivity contribution < 1.29 is 8.96 Å². The second kappa shape index (κ2) is 5.25. The molecule has 0 radical (unpaired) electrons. The molecule has 0 atom stereocenters. The van der Waals surface area contributed by atoms with Crippen LogP contribution in [0.15, 0.2) is 60.7 Å². The number of fused-ring (bicyclic) bond motifs is 1. The van der Waals surface area contributed by atoms with Gasteiger partial charge in [-0.2, -0.15) is 4.57 Å². The molecule has 3 rings (SSSR count). The molecular formula is C18H15FN+. The molecule has 2 heteroatoms. The van der Waals surface area contributed by atoms with E-state index in [0.717, 1.165) is 11.3 Å². The quantitative estimate of drug-likeness (QED) is 0.616. The van der Waals surface area contributed by atoms with Gasteiger partial charge in [-0.15, -0.1) is 0 Å². The lowest BCUT2D eigenvalue weighted by Crippen LogP contribution is -2.32. The van der Waals surface area contributed by atoms with Crippen LogP contribution in [0.5, 0.6) is 0 Å². The maximum Gasteiger partial charge on any atom is 0.212 e. The van der Waals surface area contributed by atoms with Gasteiger partial charge in [-0.05, 0) is 35.9 Å². The van der Waals surface area contributed by atoms with E-state index in [0.29, 0.717) is 0 Å². The first kappa shape index (κ1) is 12.5. The maximum absolute atomic E-state index is 12.9. The first-order chi connectivity index (χ1) is 9.74. The summed E-state index contributed by atoms with van der Waals surface area (Å²) in [5.74, 6) is -0.210. The summed E-state index contributed by atoms with van der Waals surface area (Å²) >= 11 is 0. The molecule has 0 fully saturated rings. The molecule has 2 aromatic carbocycles. The zero-order valence-corrected chi connectivity index (χ0v) is 11.3. The first-order valence-electron chi connectivity index (χ1n) is 6.55. The molecule has 0 unspecified atom stereocenters. The van der Waals surface area contributed by atoms with Crippen molar-refractivity contribution in [3.05, 3.63) is 77.7 Å².